The lowest BCUT2D eigenvalue weighted by atomic mass is 10.2. The standard InChI is InChI=1S/C11H12N4O2/c1-17-11-9-10(12-5-13-11)15(6-14-9)7-3-2-4-8(7)16/h5-7H,2-4H2,1H3. The quantitative estimate of drug-likeness (QED) is 0.776. The van der Waals surface area contributed by atoms with Crippen molar-refractivity contribution in [2.75, 3.05) is 7.11 Å². The van der Waals surface area contributed by atoms with E-state index in [0.29, 0.717) is 23.5 Å². The third-order valence-corrected chi connectivity index (χ3v) is 3.13. The maximum absolute atomic E-state index is 11.7. The van der Waals surface area contributed by atoms with Gasteiger partial charge in [0.1, 0.15) is 6.33 Å². The number of ether oxygens (including phenoxy) is 1. The van der Waals surface area contributed by atoms with Crippen LogP contribution < -0.4 is 4.74 Å². The highest BCUT2D eigenvalue weighted by Crippen LogP contribution is 2.30. The van der Waals surface area contributed by atoms with Crippen LogP contribution in [0.25, 0.3) is 11.2 Å². The molecule has 0 amide bonds. The van der Waals surface area contributed by atoms with Crippen molar-refractivity contribution < 1.29 is 9.53 Å². The number of carbonyl (C=O) groups is 1. The number of aromatic nitrogens is 4. The molecule has 0 aliphatic heterocycles. The molecule has 0 radical (unpaired) electrons. The van der Waals surface area contributed by atoms with Gasteiger partial charge in [-0.15, -0.1) is 0 Å². The van der Waals surface area contributed by atoms with Gasteiger partial charge in [0.2, 0.25) is 5.88 Å². The van der Waals surface area contributed by atoms with E-state index in [2.05, 4.69) is 15.0 Å². The lowest BCUT2D eigenvalue weighted by molar-refractivity contribution is -0.120. The highest BCUT2D eigenvalue weighted by Gasteiger charge is 2.28. The number of Topliss-reactive ketones (excluding diaryl/α,β-unsaturated/α-hetero) is 1. The second-order valence-electron chi connectivity index (χ2n) is 4.08. The van der Waals surface area contributed by atoms with E-state index in [4.69, 9.17) is 4.74 Å². The monoisotopic (exact) mass is 232 g/mol. The molecule has 1 aliphatic rings. The summed E-state index contributed by atoms with van der Waals surface area (Å²) in [6.07, 6.45) is 5.52. The van der Waals surface area contributed by atoms with Crippen LogP contribution in [-0.4, -0.2) is 32.4 Å². The topological polar surface area (TPSA) is 69.9 Å². The van der Waals surface area contributed by atoms with Gasteiger partial charge in [-0.25, -0.2) is 9.97 Å². The fraction of sp³-hybridized carbons (Fsp3) is 0.455. The lowest BCUT2D eigenvalue weighted by Gasteiger charge is -2.09. The zero-order valence-corrected chi connectivity index (χ0v) is 9.46. The largest absolute Gasteiger partial charge is 0.479 e. The molecule has 2 heterocycles. The highest BCUT2D eigenvalue weighted by atomic mass is 16.5. The predicted octanol–water partition coefficient (Wildman–Crippen LogP) is 1.13. The molecule has 0 spiro atoms. The van der Waals surface area contributed by atoms with E-state index in [0.717, 1.165) is 12.8 Å². The Morgan fingerprint density at radius 3 is 3.00 bits per heavy atom. The van der Waals surface area contributed by atoms with Gasteiger partial charge in [-0.2, -0.15) is 4.98 Å². The zero-order valence-electron chi connectivity index (χ0n) is 9.46. The first-order chi connectivity index (χ1) is 8.31. The molecule has 2 aromatic rings. The molecule has 1 fully saturated rings. The van der Waals surface area contributed by atoms with Gasteiger partial charge in [0.15, 0.2) is 16.9 Å². The molecule has 88 valence electrons. The minimum Gasteiger partial charge on any atom is -0.479 e. The van der Waals surface area contributed by atoms with E-state index in [1.54, 1.807) is 13.4 Å². The molecule has 6 heteroatoms. The maximum atomic E-state index is 11.7. The average Bonchev–Trinajstić information content (AvgIpc) is 2.94. The van der Waals surface area contributed by atoms with E-state index in [1.165, 1.54) is 6.33 Å². The Labute approximate surface area is 97.7 Å². The van der Waals surface area contributed by atoms with Crippen LogP contribution in [0.1, 0.15) is 25.3 Å². The van der Waals surface area contributed by atoms with Crippen LogP contribution >= 0.6 is 0 Å². The van der Waals surface area contributed by atoms with Gasteiger partial charge in [0.25, 0.3) is 0 Å². The van der Waals surface area contributed by atoms with E-state index in [-0.39, 0.29) is 11.8 Å². The van der Waals surface area contributed by atoms with Crippen LogP contribution in [0.5, 0.6) is 5.88 Å². The lowest BCUT2D eigenvalue weighted by Crippen LogP contribution is -2.12. The number of nitrogens with zero attached hydrogens (tertiary/aromatic N) is 4. The van der Waals surface area contributed by atoms with Gasteiger partial charge in [-0.05, 0) is 12.8 Å². The van der Waals surface area contributed by atoms with Crippen molar-refractivity contribution in [3.8, 4) is 5.88 Å². The molecule has 1 saturated carbocycles. The molecule has 0 saturated heterocycles. The molecule has 1 atom stereocenters. The Balaban J connectivity index is 2.15. The van der Waals surface area contributed by atoms with E-state index in [1.807, 2.05) is 4.57 Å². The second kappa shape index (κ2) is 3.80. The first kappa shape index (κ1) is 10.2. The molecule has 3 rings (SSSR count). The van der Waals surface area contributed by atoms with Crippen LogP contribution in [0, 0.1) is 0 Å². The summed E-state index contributed by atoms with van der Waals surface area (Å²) < 4.78 is 6.95. The maximum Gasteiger partial charge on any atom is 0.245 e. The third kappa shape index (κ3) is 1.48. The smallest absolute Gasteiger partial charge is 0.245 e. The summed E-state index contributed by atoms with van der Waals surface area (Å²) in [5.74, 6) is 0.695. The second-order valence-corrected chi connectivity index (χ2v) is 4.08. The fourth-order valence-corrected chi connectivity index (χ4v) is 2.30. The molecule has 1 unspecified atom stereocenters. The number of methoxy groups -OCH3 is 1. The molecule has 0 aromatic carbocycles. The third-order valence-electron chi connectivity index (χ3n) is 3.13. The Hall–Kier alpha value is -1.98. The number of imidazole rings is 1. The van der Waals surface area contributed by atoms with Crippen molar-refractivity contribution in [1.29, 1.82) is 0 Å². The Morgan fingerprint density at radius 1 is 1.41 bits per heavy atom. The molecular formula is C11H12N4O2. The summed E-state index contributed by atoms with van der Waals surface area (Å²) in [6.45, 7) is 0. The summed E-state index contributed by atoms with van der Waals surface area (Å²) in [5, 5.41) is 0. The van der Waals surface area contributed by atoms with Crippen LogP contribution in [0.2, 0.25) is 0 Å². The molecular weight excluding hydrogens is 220 g/mol. The van der Waals surface area contributed by atoms with E-state index >= 15 is 0 Å². The summed E-state index contributed by atoms with van der Waals surface area (Å²) in [5.41, 5.74) is 1.27. The van der Waals surface area contributed by atoms with Crippen LogP contribution in [0.15, 0.2) is 12.7 Å². The van der Waals surface area contributed by atoms with Crippen molar-refractivity contribution >= 4 is 16.9 Å². The number of rotatable bonds is 2. The average molecular weight is 232 g/mol. The highest BCUT2D eigenvalue weighted by molar-refractivity contribution is 5.86. The van der Waals surface area contributed by atoms with Crippen molar-refractivity contribution in [2.45, 2.75) is 25.3 Å². The van der Waals surface area contributed by atoms with Gasteiger partial charge >= 0.3 is 0 Å². The molecule has 17 heavy (non-hydrogen) atoms. The van der Waals surface area contributed by atoms with Crippen molar-refractivity contribution in [3.05, 3.63) is 12.7 Å². The summed E-state index contributed by atoms with van der Waals surface area (Å²) in [6, 6.07) is -0.125. The SMILES string of the molecule is COc1ncnc2c1ncn2C1CCCC1=O. The zero-order chi connectivity index (χ0) is 11.8. The van der Waals surface area contributed by atoms with E-state index < -0.39 is 0 Å². The Morgan fingerprint density at radius 2 is 2.29 bits per heavy atom. The summed E-state index contributed by atoms with van der Waals surface area (Å²) >= 11 is 0. The van der Waals surface area contributed by atoms with Gasteiger partial charge in [0, 0.05) is 6.42 Å². The van der Waals surface area contributed by atoms with Crippen molar-refractivity contribution in [2.24, 2.45) is 0 Å². The summed E-state index contributed by atoms with van der Waals surface area (Å²) in [7, 11) is 1.54. The van der Waals surface area contributed by atoms with Crippen LogP contribution in [0.4, 0.5) is 0 Å². The van der Waals surface area contributed by atoms with Gasteiger partial charge in [-0.3, -0.25) is 4.79 Å². The molecule has 0 N–H and O–H groups in total. The van der Waals surface area contributed by atoms with Crippen molar-refractivity contribution in [3.63, 3.8) is 0 Å². The number of hydrogen-bond acceptors (Lipinski definition) is 5. The van der Waals surface area contributed by atoms with Crippen LogP contribution in [-0.2, 0) is 4.79 Å². The van der Waals surface area contributed by atoms with Gasteiger partial charge < -0.3 is 9.30 Å². The number of hydrogen-bond donors (Lipinski definition) is 0. The Kier molecular flexibility index (Phi) is 2.28. The first-order valence-electron chi connectivity index (χ1n) is 5.55. The molecule has 6 nitrogen and oxygen atoms in total. The number of fused-ring (bicyclic) bond motifs is 1. The number of carbonyl (C=O) groups excluding carboxylic acids is 1. The number of ketones is 1. The first-order valence-corrected chi connectivity index (χ1v) is 5.55. The normalized spacial score (nSPS) is 20.1. The fourth-order valence-electron chi connectivity index (χ4n) is 2.30. The predicted molar refractivity (Wildman–Crippen MR) is 59.8 cm³/mol. The van der Waals surface area contributed by atoms with Crippen LogP contribution in [0.3, 0.4) is 0 Å². The van der Waals surface area contributed by atoms with Crippen molar-refractivity contribution in [1.82, 2.24) is 19.5 Å². The molecule has 1 aliphatic carbocycles. The minimum absolute atomic E-state index is 0.125. The van der Waals surface area contributed by atoms with Gasteiger partial charge in [0.05, 0.1) is 19.5 Å². The molecule has 2 aromatic heterocycles. The summed E-state index contributed by atoms with van der Waals surface area (Å²) in [4.78, 5) is 24.2. The minimum atomic E-state index is -0.125. The molecule has 0 bridgehead atoms. The van der Waals surface area contributed by atoms with E-state index in [9.17, 15) is 4.79 Å². The Bertz CT molecular complexity index is 578. The van der Waals surface area contributed by atoms with Gasteiger partial charge in [-0.1, -0.05) is 0 Å².